The first-order chi connectivity index (χ1) is 12.2. The lowest BCUT2D eigenvalue weighted by atomic mass is 10.1. The summed E-state index contributed by atoms with van der Waals surface area (Å²) in [5.41, 5.74) is 1.83. The fourth-order valence-electron chi connectivity index (χ4n) is 3.18. The molecule has 1 fully saturated rings. The Morgan fingerprint density at radius 3 is 2.36 bits per heavy atom. The van der Waals surface area contributed by atoms with Crippen molar-refractivity contribution in [2.45, 2.75) is 20.0 Å². The maximum Gasteiger partial charge on any atom is 0.337 e. The molecule has 1 aromatic carbocycles. The zero-order valence-electron chi connectivity index (χ0n) is 15.0. The third-order valence-corrected chi connectivity index (χ3v) is 4.83. The van der Waals surface area contributed by atoms with Crippen molar-refractivity contribution < 1.29 is 9.53 Å². The lowest BCUT2D eigenvalue weighted by Crippen LogP contribution is -2.46. The van der Waals surface area contributed by atoms with Crippen LogP contribution in [0.25, 0.3) is 0 Å². The van der Waals surface area contributed by atoms with Crippen LogP contribution in [0.4, 0.5) is 0 Å². The molecular weight excluding hydrogens is 316 g/mol. The van der Waals surface area contributed by atoms with Crippen LogP contribution in [0.1, 0.15) is 21.7 Å². The number of ether oxygens (including phenoxy) is 1. The molecule has 0 atom stereocenters. The zero-order chi connectivity index (χ0) is 17.6. The predicted octanol–water partition coefficient (Wildman–Crippen LogP) is 1.80. The molecule has 0 unspecified atom stereocenters. The van der Waals surface area contributed by atoms with Crippen LogP contribution in [-0.4, -0.2) is 65.2 Å². The molecular formula is C19H26N4O2. The van der Waals surface area contributed by atoms with E-state index in [0.717, 1.165) is 51.6 Å². The molecule has 1 aliphatic heterocycles. The van der Waals surface area contributed by atoms with Gasteiger partial charge in [0.05, 0.1) is 12.7 Å². The first-order valence-electron chi connectivity index (χ1n) is 8.75. The van der Waals surface area contributed by atoms with E-state index < -0.39 is 0 Å². The van der Waals surface area contributed by atoms with E-state index in [0.29, 0.717) is 5.56 Å². The summed E-state index contributed by atoms with van der Waals surface area (Å²) in [6, 6.07) is 7.70. The third kappa shape index (κ3) is 4.67. The molecule has 1 aromatic heterocycles. The van der Waals surface area contributed by atoms with E-state index >= 15 is 0 Å². The number of carbonyl (C=O) groups excluding carboxylic acids is 1. The number of carbonyl (C=O) groups is 1. The van der Waals surface area contributed by atoms with E-state index in [-0.39, 0.29) is 5.97 Å². The fraction of sp³-hybridized carbons (Fsp3) is 0.474. The van der Waals surface area contributed by atoms with Crippen molar-refractivity contribution in [1.82, 2.24) is 19.4 Å². The minimum atomic E-state index is -0.284. The Hall–Kier alpha value is -2.18. The van der Waals surface area contributed by atoms with Gasteiger partial charge in [0.25, 0.3) is 0 Å². The number of hydrogen-bond donors (Lipinski definition) is 0. The molecule has 1 aliphatic rings. The molecule has 0 aliphatic carbocycles. The van der Waals surface area contributed by atoms with Crippen LogP contribution in [0.3, 0.4) is 0 Å². The van der Waals surface area contributed by atoms with Crippen LogP contribution in [0.5, 0.6) is 0 Å². The maximum absolute atomic E-state index is 11.5. The molecule has 0 saturated carbocycles. The molecule has 3 rings (SSSR count). The van der Waals surface area contributed by atoms with Crippen molar-refractivity contribution in [3.05, 3.63) is 53.6 Å². The Morgan fingerprint density at radius 1 is 1.08 bits per heavy atom. The summed E-state index contributed by atoms with van der Waals surface area (Å²) in [6.07, 6.45) is 3.91. The number of piperazine rings is 1. The van der Waals surface area contributed by atoms with Crippen LogP contribution in [0, 0.1) is 6.92 Å². The molecule has 0 amide bonds. The fourth-order valence-corrected chi connectivity index (χ4v) is 3.18. The van der Waals surface area contributed by atoms with E-state index in [4.69, 9.17) is 4.74 Å². The first kappa shape index (κ1) is 17.6. The summed E-state index contributed by atoms with van der Waals surface area (Å²) in [4.78, 5) is 20.7. The van der Waals surface area contributed by atoms with E-state index in [1.807, 2.05) is 43.6 Å². The van der Waals surface area contributed by atoms with Gasteiger partial charge >= 0.3 is 5.97 Å². The normalized spacial score (nSPS) is 16.1. The van der Waals surface area contributed by atoms with Gasteiger partial charge in [-0.05, 0) is 24.6 Å². The number of aryl methyl sites for hydroxylation is 1. The quantitative estimate of drug-likeness (QED) is 0.749. The topological polar surface area (TPSA) is 50.6 Å². The monoisotopic (exact) mass is 342 g/mol. The van der Waals surface area contributed by atoms with Gasteiger partial charge in [-0.15, -0.1) is 0 Å². The number of esters is 1. The van der Waals surface area contributed by atoms with Crippen LogP contribution >= 0.6 is 0 Å². The van der Waals surface area contributed by atoms with Gasteiger partial charge < -0.3 is 9.30 Å². The largest absolute Gasteiger partial charge is 0.465 e. The Morgan fingerprint density at radius 2 is 1.76 bits per heavy atom. The summed E-state index contributed by atoms with van der Waals surface area (Å²) in [5, 5.41) is 0. The number of hydrogen-bond acceptors (Lipinski definition) is 5. The molecule has 0 bridgehead atoms. The number of methoxy groups -OCH3 is 1. The van der Waals surface area contributed by atoms with Crippen molar-refractivity contribution in [2.24, 2.45) is 0 Å². The molecule has 2 aromatic rings. The minimum Gasteiger partial charge on any atom is -0.465 e. The highest BCUT2D eigenvalue weighted by molar-refractivity contribution is 5.89. The number of benzene rings is 1. The molecule has 6 heteroatoms. The molecule has 0 spiro atoms. The molecule has 2 heterocycles. The van der Waals surface area contributed by atoms with Gasteiger partial charge in [0.15, 0.2) is 0 Å². The molecule has 0 N–H and O–H groups in total. The summed E-state index contributed by atoms with van der Waals surface area (Å²) in [5.74, 6) is 0.794. The van der Waals surface area contributed by atoms with Crippen LogP contribution < -0.4 is 0 Å². The maximum atomic E-state index is 11.5. The lowest BCUT2D eigenvalue weighted by Gasteiger charge is -2.34. The van der Waals surface area contributed by atoms with Gasteiger partial charge in [0, 0.05) is 58.2 Å². The predicted molar refractivity (Wildman–Crippen MR) is 96.5 cm³/mol. The summed E-state index contributed by atoms with van der Waals surface area (Å²) >= 11 is 0. The minimum absolute atomic E-state index is 0.284. The molecule has 25 heavy (non-hydrogen) atoms. The summed E-state index contributed by atoms with van der Waals surface area (Å²) in [6.45, 7) is 9.37. The van der Waals surface area contributed by atoms with Crippen LogP contribution in [0.2, 0.25) is 0 Å². The number of nitrogens with zero attached hydrogens (tertiary/aromatic N) is 4. The van der Waals surface area contributed by atoms with Gasteiger partial charge in [0.2, 0.25) is 0 Å². The molecule has 0 radical (unpaired) electrons. The summed E-state index contributed by atoms with van der Waals surface area (Å²) < 4.78 is 6.94. The van der Waals surface area contributed by atoms with Gasteiger partial charge in [0.1, 0.15) is 5.82 Å². The van der Waals surface area contributed by atoms with Gasteiger partial charge in [-0.1, -0.05) is 12.1 Å². The SMILES string of the molecule is COC(=O)c1ccc(CN2CCN(CCn3ccnc3C)CC2)cc1. The van der Waals surface area contributed by atoms with E-state index in [2.05, 4.69) is 19.4 Å². The Labute approximate surface area is 149 Å². The number of aromatic nitrogens is 2. The Kier molecular flexibility index (Phi) is 5.83. The van der Waals surface area contributed by atoms with Crippen LogP contribution in [0.15, 0.2) is 36.7 Å². The molecule has 134 valence electrons. The van der Waals surface area contributed by atoms with Crippen molar-refractivity contribution in [1.29, 1.82) is 0 Å². The van der Waals surface area contributed by atoms with Gasteiger partial charge in [-0.25, -0.2) is 9.78 Å². The van der Waals surface area contributed by atoms with E-state index in [9.17, 15) is 4.79 Å². The second kappa shape index (κ2) is 8.27. The number of imidazole rings is 1. The molecule has 6 nitrogen and oxygen atoms in total. The second-order valence-corrected chi connectivity index (χ2v) is 6.47. The van der Waals surface area contributed by atoms with Crippen LogP contribution in [-0.2, 0) is 17.8 Å². The average Bonchev–Trinajstić information content (AvgIpc) is 3.06. The van der Waals surface area contributed by atoms with Crippen molar-refractivity contribution >= 4 is 5.97 Å². The third-order valence-electron chi connectivity index (χ3n) is 4.83. The highest BCUT2D eigenvalue weighted by atomic mass is 16.5. The van der Waals surface area contributed by atoms with Gasteiger partial charge in [-0.2, -0.15) is 0 Å². The summed E-state index contributed by atoms with van der Waals surface area (Å²) in [7, 11) is 1.41. The molecule has 1 saturated heterocycles. The van der Waals surface area contributed by atoms with Crippen molar-refractivity contribution in [3.63, 3.8) is 0 Å². The highest BCUT2D eigenvalue weighted by Crippen LogP contribution is 2.11. The van der Waals surface area contributed by atoms with E-state index in [1.165, 1.54) is 12.7 Å². The Bertz CT molecular complexity index is 688. The smallest absolute Gasteiger partial charge is 0.337 e. The number of rotatable bonds is 6. The lowest BCUT2D eigenvalue weighted by molar-refractivity contribution is 0.0600. The average molecular weight is 342 g/mol. The standard InChI is InChI=1S/C19H26N4O2/c1-16-20-7-8-23(16)14-13-21-9-11-22(12-10-21)15-17-3-5-18(6-4-17)19(24)25-2/h3-8H,9-15H2,1-2H3. The second-order valence-electron chi connectivity index (χ2n) is 6.47. The highest BCUT2D eigenvalue weighted by Gasteiger charge is 2.17. The Balaban J connectivity index is 1.43. The van der Waals surface area contributed by atoms with E-state index in [1.54, 1.807) is 0 Å². The van der Waals surface area contributed by atoms with Gasteiger partial charge in [-0.3, -0.25) is 9.80 Å². The zero-order valence-corrected chi connectivity index (χ0v) is 15.0. The van der Waals surface area contributed by atoms with Crippen molar-refractivity contribution in [2.75, 3.05) is 39.8 Å². The van der Waals surface area contributed by atoms with Crippen molar-refractivity contribution in [3.8, 4) is 0 Å². The first-order valence-corrected chi connectivity index (χ1v) is 8.75.